The topological polar surface area (TPSA) is 88.7 Å². The van der Waals surface area contributed by atoms with Crippen molar-refractivity contribution in [3.05, 3.63) is 76.9 Å². The molecule has 1 aromatic heterocycles. The van der Waals surface area contributed by atoms with Crippen LogP contribution >= 0.6 is 0 Å². The fourth-order valence-electron chi connectivity index (χ4n) is 6.05. The van der Waals surface area contributed by atoms with Crippen molar-refractivity contribution < 1.29 is 19.1 Å². The van der Waals surface area contributed by atoms with Gasteiger partial charge in [-0.3, -0.25) is 14.5 Å². The third-order valence-electron chi connectivity index (χ3n) is 7.82. The fraction of sp³-hybridized carbons (Fsp3) is 0.333. The minimum Gasteiger partial charge on any atom is -0.392 e. The van der Waals surface area contributed by atoms with E-state index in [9.17, 15) is 19.1 Å². The highest BCUT2D eigenvalue weighted by Gasteiger charge is 2.34. The van der Waals surface area contributed by atoms with Crippen molar-refractivity contribution in [2.75, 3.05) is 31.5 Å². The average Bonchev–Trinajstić information content (AvgIpc) is 3.67. The zero-order valence-electron chi connectivity index (χ0n) is 21.3. The molecule has 4 heterocycles. The van der Waals surface area contributed by atoms with Crippen molar-refractivity contribution in [3.63, 3.8) is 0 Å². The minimum atomic E-state index is -0.348. The maximum absolute atomic E-state index is 14.0. The van der Waals surface area contributed by atoms with Crippen LogP contribution in [0.25, 0.3) is 22.8 Å². The Morgan fingerprint density at radius 3 is 2.79 bits per heavy atom. The third-order valence-corrected chi connectivity index (χ3v) is 7.82. The second kappa shape index (κ2) is 9.85. The quantitative estimate of drug-likeness (QED) is 0.443. The van der Waals surface area contributed by atoms with E-state index in [4.69, 9.17) is 0 Å². The van der Waals surface area contributed by atoms with Gasteiger partial charge in [0.25, 0.3) is 11.8 Å². The summed E-state index contributed by atoms with van der Waals surface area (Å²) in [4.78, 5) is 34.4. The highest BCUT2D eigenvalue weighted by molar-refractivity contribution is 6.36. The summed E-state index contributed by atoms with van der Waals surface area (Å²) in [5.41, 5.74) is 5.15. The molecule has 8 heteroatoms. The first kappa shape index (κ1) is 24.6. The Balaban J connectivity index is 1.34. The number of aliphatic hydroxyl groups excluding tert-OH is 1. The Morgan fingerprint density at radius 2 is 2.00 bits per heavy atom. The standard InChI is InChI=1S/C30H31FN4O3/c1-18-13-24(30(38)35-11-4-7-21(35)16-34-12-10-22(36)17-34)27(32-18)15-25-28-23(19-5-2-6-20(31)14-19)8-3-9-26(28)33-29(25)37/h2-3,5-6,8-9,13-15,21-22,32,36H,4,7,10-12,16-17H2,1H3,(H,33,37)/t21-,22+/m0/s1. The maximum atomic E-state index is 14.0. The summed E-state index contributed by atoms with van der Waals surface area (Å²) in [6.07, 6.45) is 4.11. The number of anilines is 1. The molecule has 3 N–H and O–H groups in total. The molecule has 2 saturated heterocycles. The van der Waals surface area contributed by atoms with Crippen molar-refractivity contribution in [2.45, 2.75) is 38.3 Å². The Kier molecular flexibility index (Phi) is 6.37. The second-order valence-electron chi connectivity index (χ2n) is 10.5. The summed E-state index contributed by atoms with van der Waals surface area (Å²) in [7, 11) is 0. The van der Waals surface area contributed by atoms with Gasteiger partial charge in [0, 0.05) is 49.2 Å². The van der Waals surface area contributed by atoms with E-state index in [-0.39, 0.29) is 29.8 Å². The van der Waals surface area contributed by atoms with E-state index in [0.29, 0.717) is 46.7 Å². The molecule has 2 aromatic carbocycles. The first-order valence-electron chi connectivity index (χ1n) is 13.2. The van der Waals surface area contributed by atoms with Crippen LogP contribution in [-0.4, -0.2) is 70.0 Å². The largest absolute Gasteiger partial charge is 0.392 e. The molecule has 2 atom stereocenters. The number of nitrogens with one attached hydrogen (secondary N) is 2. The van der Waals surface area contributed by atoms with Crippen LogP contribution in [-0.2, 0) is 4.79 Å². The summed E-state index contributed by atoms with van der Waals surface area (Å²) in [6.45, 7) is 4.85. The molecule has 3 aromatic rings. The van der Waals surface area contributed by atoms with Gasteiger partial charge >= 0.3 is 0 Å². The fourth-order valence-corrected chi connectivity index (χ4v) is 6.05. The number of β-amino-alcohol motifs (C(OH)–C–C–N with tert-alkyl or cyclic N) is 1. The Hall–Kier alpha value is -3.75. The van der Waals surface area contributed by atoms with Gasteiger partial charge in [-0.05, 0) is 67.7 Å². The van der Waals surface area contributed by atoms with Crippen molar-refractivity contribution in [1.82, 2.24) is 14.8 Å². The van der Waals surface area contributed by atoms with E-state index in [1.165, 1.54) is 12.1 Å². The van der Waals surface area contributed by atoms with Crippen molar-refractivity contribution in [3.8, 4) is 11.1 Å². The maximum Gasteiger partial charge on any atom is 0.256 e. The molecule has 3 aliphatic rings. The summed E-state index contributed by atoms with van der Waals surface area (Å²) in [5, 5.41) is 12.8. The summed E-state index contributed by atoms with van der Waals surface area (Å²) in [6, 6.07) is 13.8. The normalized spacial score (nSPS) is 22.3. The van der Waals surface area contributed by atoms with Crippen molar-refractivity contribution in [2.24, 2.45) is 0 Å². The highest BCUT2D eigenvalue weighted by Crippen LogP contribution is 2.41. The lowest BCUT2D eigenvalue weighted by Gasteiger charge is -2.28. The van der Waals surface area contributed by atoms with Crippen molar-refractivity contribution >= 4 is 29.2 Å². The molecule has 2 fully saturated rings. The smallest absolute Gasteiger partial charge is 0.256 e. The first-order valence-corrected chi connectivity index (χ1v) is 13.2. The van der Waals surface area contributed by atoms with Gasteiger partial charge in [-0.25, -0.2) is 4.39 Å². The number of halogens is 1. The van der Waals surface area contributed by atoms with Gasteiger partial charge < -0.3 is 20.3 Å². The third kappa shape index (κ3) is 4.54. The number of amides is 2. The molecule has 3 aliphatic heterocycles. The number of H-pyrrole nitrogens is 1. The minimum absolute atomic E-state index is 0.0551. The van der Waals surface area contributed by atoms with Crippen LogP contribution in [0.3, 0.4) is 0 Å². The molecule has 196 valence electrons. The number of carbonyl (C=O) groups is 2. The number of aliphatic hydroxyl groups is 1. The molecule has 0 aliphatic carbocycles. The van der Waals surface area contributed by atoms with Crippen LogP contribution in [0.15, 0.2) is 48.5 Å². The number of aromatic amines is 1. The molecular weight excluding hydrogens is 483 g/mol. The van der Waals surface area contributed by atoms with Gasteiger partial charge in [-0.2, -0.15) is 0 Å². The van der Waals surface area contributed by atoms with E-state index in [1.807, 2.05) is 42.2 Å². The molecule has 0 bridgehead atoms. The van der Waals surface area contributed by atoms with Crippen molar-refractivity contribution in [1.29, 1.82) is 0 Å². The number of hydrogen-bond acceptors (Lipinski definition) is 4. The van der Waals surface area contributed by atoms with Crippen LogP contribution < -0.4 is 5.32 Å². The number of benzene rings is 2. The number of aromatic nitrogens is 1. The van der Waals surface area contributed by atoms with E-state index in [1.54, 1.807) is 12.1 Å². The zero-order valence-corrected chi connectivity index (χ0v) is 21.3. The van der Waals surface area contributed by atoms with E-state index < -0.39 is 0 Å². The number of nitrogens with zero attached hydrogens (tertiary/aromatic N) is 2. The van der Waals surface area contributed by atoms with E-state index in [2.05, 4.69) is 15.2 Å². The van der Waals surface area contributed by atoms with E-state index >= 15 is 0 Å². The number of rotatable bonds is 5. The van der Waals surface area contributed by atoms with Crippen LogP contribution in [0.2, 0.25) is 0 Å². The average molecular weight is 515 g/mol. The number of fused-ring (bicyclic) bond motifs is 1. The number of carbonyl (C=O) groups excluding carboxylic acids is 2. The monoisotopic (exact) mass is 514 g/mol. The molecule has 0 unspecified atom stereocenters. The summed E-state index contributed by atoms with van der Waals surface area (Å²) in [5.74, 6) is -0.666. The molecule has 2 amide bonds. The predicted molar refractivity (Wildman–Crippen MR) is 145 cm³/mol. The second-order valence-corrected chi connectivity index (χ2v) is 10.5. The lowest BCUT2D eigenvalue weighted by atomic mass is 9.94. The van der Waals surface area contributed by atoms with Crippen LogP contribution in [0.4, 0.5) is 10.1 Å². The molecular formula is C30H31FN4O3. The molecule has 0 spiro atoms. The van der Waals surface area contributed by atoms with Crippen LogP contribution in [0.1, 0.15) is 46.6 Å². The lowest BCUT2D eigenvalue weighted by Crippen LogP contribution is -2.43. The molecule has 0 saturated carbocycles. The Bertz CT molecular complexity index is 1440. The lowest BCUT2D eigenvalue weighted by molar-refractivity contribution is -0.110. The molecule has 7 nitrogen and oxygen atoms in total. The number of likely N-dealkylation sites (tertiary alicyclic amines) is 2. The summed E-state index contributed by atoms with van der Waals surface area (Å²) < 4.78 is 14.0. The highest BCUT2D eigenvalue weighted by atomic mass is 19.1. The Labute approximate surface area is 221 Å². The van der Waals surface area contributed by atoms with Crippen LogP contribution in [0, 0.1) is 12.7 Å². The van der Waals surface area contributed by atoms with E-state index in [0.717, 1.165) is 43.6 Å². The Morgan fingerprint density at radius 1 is 1.16 bits per heavy atom. The van der Waals surface area contributed by atoms with Gasteiger partial charge in [0.1, 0.15) is 5.82 Å². The van der Waals surface area contributed by atoms with Gasteiger partial charge in [-0.1, -0.05) is 24.3 Å². The summed E-state index contributed by atoms with van der Waals surface area (Å²) >= 11 is 0. The molecule has 38 heavy (non-hydrogen) atoms. The van der Waals surface area contributed by atoms with Gasteiger partial charge in [0.15, 0.2) is 0 Å². The number of aryl methyl sites for hydroxylation is 1. The van der Waals surface area contributed by atoms with Gasteiger partial charge in [0.2, 0.25) is 0 Å². The molecule has 6 rings (SSSR count). The van der Waals surface area contributed by atoms with Crippen LogP contribution in [0.5, 0.6) is 0 Å². The SMILES string of the molecule is Cc1cc(C(=O)N2CCC[C@H]2CN2CC[C@@H](O)C2)c(C=C2C(=O)Nc3cccc(-c4cccc(F)c4)c32)[nH]1. The molecule has 0 radical (unpaired) electrons. The first-order chi connectivity index (χ1) is 18.4. The predicted octanol–water partition coefficient (Wildman–Crippen LogP) is 4.29. The number of hydrogen-bond donors (Lipinski definition) is 3. The zero-order chi connectivity index (χ0) is 26.4. The van der Waals surface area contributed by atoms with Gasteiger partial charge in [0.05, 0.1) is 22.9 Å². The van der Waals surface area contributed by atoms with Gasteiger partial charge in [-0.15, -0.1) is 0 Å².